The van der Waals surface area contributed by atoms with Crippen LogP contribution in [0.3, 0.4) is 0 Å². The fourth-order valence-corrected chi connectivity index (χ4v) is 2.06. The smallest absolute Gasteiger partial charge is 0.278 e. The molecule has 3 heterocycles. The largest absolute Gasteiger partial charge is 0.329 e. The molecule has 3 amide bonds. The van der Waals surface area contributed by atoms with Gasteiger partial charge in [-0.1, -0.05) is 13.8 Å². The summed E-state index contributed by atoms with van der Waals surface area (Å²) in [5.41, 5.74) is 0.586. The SMILES string of the molecule is CC(C)c1ncc2c(N3CCC(=O)NC3=O)n[nH]c2n1. The maximum atomic E-state index is 11.8. The van der Waals surface area contributed by atoms with Crippen molar-refractivity contribution in [1.82, 2.24) is 25.5 Å². The molecule has 2 aromatic rings. The highest BCUT2D eigenvalue weighted by molar-refractivity contribution is 6.08. The first-order valence-electron chi connectivity index (χ1n) is 6.38. The van der Waals surface area contributed by atoms with Crippen LogP contribution < -0.4 is 10.2 Å². The lowest BCUT2D eigenvalue weighted by atomic mass is 10.2. The van der Waals surface area contributed by atoms with Gasteiger partial charge < -0.3 is 0 Å². The van der Waals surface area contributed by atoms with E-state index in [1.54, 1.807) is 6.20 Å². The zero-order valence-electron chi connectivity index (χ0n) is 11.2. The van der Waals surface area contributed by atoms with Crippen LogP contribution in [0.4, 0.5) is 10.6 Å². The predicted molar refractivity (Wildman–Crippen MR) is 71.3 cm³/mol. The maximum absolute atomic E-state index is 11.8. The Balaban J connectivity index is 2.00. The Bertz CT molecular complexity index is 692. The lowest BCUT2D eigenvalue weighted by Crippen LogP contribution is -2.49. The van der Waals surface area contributed by atoms with Gasteiger partial charge in [-0.2, -0.15) is 5.10 Å². The Kier molecular flexibility index (Phi) is 2.85. The second-order valence-electron chi connectivity index (χ2n) is 4.95. The molecule has 0 spiro atoms. The molecule has 2 N–H and O–H groups in total. The number of nitrogens with zero attached hydrogens (tertiary/aromatic N) is 4. The zero-order chi connectivity index (χ0) is 14.3. The summed E-state index contributed by atoms with van der Waals surface area (Å²) in [4.78, 5) is 33.1. The Hall–Kier alpha value is -2.51. The number of urea groups is 1. The molecule has 8 nitrogen and oxygen atoms in total. The fourth-order valence-electron chi connectivity index (χ4n) is 2.06. The van der Waals surface area contributed by atoms with Gasteiger partial charge in [0.2, 0.25) is 5.91 Å². The van der Waals surface area contributed by atoms with E-state index >= 15 is 0 Å². The van der Waals surface area contributed by atoms with E-state index in [1.165, 1.54) is 4.90 Å². The first kappa shape index (κ1) is 12.5. The number of nitrogens with one attached hydrogen (secondary N) is 2. The van der Waals surface area contributed by atoms with Gasteiger partial charge in [-0.05, 0) is 0 Å². The van der Waals surface area contributed by atoms with E-state index in [1.807, 2.05) is 13.8 Å². The number of H-pyrrole nitrogens is 1. The topological polar surface area (TPSA) is 104 Å². The van der Waals surface area contributed by atoms with Crippen molar-refractivity contribution in [3.8, 4) is 0 Å². The molecule has 1 aliphatic rings. The van der Waals surface area contributed by atoms with E-state index in [2.05, 4.69) is 25.5 Å². The van der Waals surface area contributed by atoms with Crippen molar-refractivity contribution in [3.63, 3.8) is 0 Å². The standard InChI is InChI=1S/C12H14N6O2/c1-6(2)9-13-5-7-10(15-9)16-17-11(7)18-4-3-8(19)14-12(18)20/h5-6H,3-4H2,1-2H3,(H,14,19,20)(H,13,15,16,17). The third-order valence-electron chi connectivity index (χ3n) is 3.14. The van der Waals surface area contributed by atoms with Crippen LogP contribution in [0.2, 0.25) is 0 Å². The maximum Gasteiger partial charge on any atom is 0.329 e. The number of aromatic amines is 1. The van der Waals surface area contributed by atoms with Crippen LogP contribution in [0.5, 0.6) is 0 Å². The second kappa shape index (κ2) is 4.55. The highest BCUT2D eigenvalue weighted by Gasteiger charge is 2.27. The first-order chi connectivity index (χ1) is 9.56. The molecule has 3 rings (SSSR count). The molecule has 0 aromatic carbocycles. The number of fused-ring (bicyclic) bond motifs is 1. The quantitative estimate of drug-likeness (QED) is 0.847. The average molecular weight is 274 g/mol. The van der Waals surface area contributed by atoms with Gasteiger partial charge in [0.25, 0.3) is 0 Å². The van der Waals surface area contributed by atoms with Crippen LogP contribution in [0.25, 0.3) is 11.0 Å². The van der Waals surface area contributed by atoms with E-state index in [0.717, 1.165) is 0 Å². The van der Waals surface area contributed by atoms with E-state index in [0.29, 0.717) is 29.2 Å². The lowest BCUT2D eigenvalue weighted by molar-refractivity contribution is -0.120. The average Bonchev–Trinajstić information content (AvgIpc) is 2.81. The van der Waals surface area contributed by atoms with Gasteiger partial charge in [0.05, 0.1) is 5.39 Å². The normalized spacial score (nSPS) is 16.1. The molecule has 0 unspecified atom stereocenters. The number of anilines is 1. The van der Waals surface area contributed by atoms with Crippen molar-refractivity contribution in [3.05, 3.63) is 12.0 Å². The van der Waals surface area contributed by atoms with Crippen molar-refractivity contribution in [2.45, 2.75) is 26.2 Å². The summed E-state index contributed by atoms with van der Waals surface area (Å²) in [5.74, 6) is 1.10. The highest BCUT2D eigenvalue weighted by Crippen LogP contribution is 2.24. The summed E-state index contributed by atoms with van der Waals surface area (Å²) in [6, 6.07) is -0.470. The summed E-state index contributed by atoms with van der Waals surface area (Å²) in [7, 11) is 0. The molecule has 104 valence electrons. The molecule has 0 atom stereocenters. The van der Waals surface area contributed by atoms with Crippen LogP contribution in [0.1, 0.15) is 32.0 Å². The third-order valence-corrected chi connectivity index (χ3v) is 3.14. The molecule has 0 aliphatic carbocycles. The monoisotopic (exact) mass is 274 g/mol. The minimum atomic E-state index is -0.470. The zero-order valence-corrected chi connectivity index (χ0v) is 11.2. The molecule has 20 heavy (non-hydrogen) atoms. The molecular weight excluding hydrogens is 260 g/mol. The van der Waals surface area contributed by atoms with Crippen LogP contribution in [0, 0.1) is 0 Å². The molecule has 1 saturated heterocycles. The molecule has 0 radical (unpaired) electrons. The fraction of sp³-hybridized carbons (Fsp3) is 0.417. The number of hydrogen-bond donors (Lipinski definition) is 2. The number of carbonyl (C=O) groups excluding carboxylic acids is 2. The van der Waals surface area contributed by atoms with Crippen LogP contribution in [0.15, 0.2) is 6.20 Å². The van der Waals surface area contributed by atoms with Crippen molar-refractivity contribution in [1.29, 1.82) is 0 Å². The van der Waals surface area contributed by atoms with Gasteiger partial charge in [0.1, 0.15) is 5.82 Å². The van der Waals surface area contributed by atoms with E-state index < -0.39 is 6.03 Å². The van der Waals surface area contributed by atoms with E-state index in [4.69, 9.17) is 0 Å². The summed E-state index contributed by atoms with van der Waals surface area (Å²) in [5, 5.41) is 9.86. The number of aromatic nitrogens is 4. The Morgan fingerprint density at radius 1 is 1.35 bits per heavy atom. The van der Waals surface area contributed by atoms with Crippen LogP contribution >= 0.6 is 0 Å². The van der Waals surface area contributed by atoms with Crippen LogP contribution in [-0.2, 0) is 4.79 Å². The third kappa shape index (κ3) is 1.98. The molecule has 2 aromatic heterocycles. The minimum Gasteiger partial charge on any atom is -0.278 e. The Morgan fingerprint density at radius 2 is 2.15 bits per heavy atom. The van der Waals surface area contributed by atoms with Gasteiger partial charge in [-0.15, -0.1) is 0 Å². The lowest BCUT2D eigenvalue weighted by Gasteiger charge is -2.24. The Labute approximate surface area is 114 Å². The van der Waals surface area contributed by atoms with Crippen molar-refractivity contribution in [2.75, 3.05) is 11.4 Å². The number of hydrogen-bond acceptors (Lipinski definition) is 5. The summed E-state index contributed by atoms with van der Waals surface area (Å²) < 4.78 is 0. The van der Waals surface area contributed by atoms with Crippen molar-refractivity contribution >= 4 is 28.8 Å². The molecule has 1 aliphatic heterocycles. The molecule has 0 bridgehead atoms. The number of carbonyl (C=O) groups is 2. The Morgan fingerprint density at radius 3 is 2.85 bits per heavy atom. The number of rotatable bonds is 2. The van der Waals surface area contributed by atoms with Crippen molar-refractivity contribution in [2.24, 2.45) is 0 Å². The van der Waals surface area contributed by atoms with Gasteiger partial charge >= 0.3 is 6.03 Å². The van der Waals surface area contributed by atoms with Gasteiger partial charge in [-0.25, -0.2) is 14.8 Å². The molecule has 0 saturated carbocycles. The van der Waals surface area contributed by atoms with E-state index in [-0.39, 0.29) is 18.2 Å². The predicted octanol–water partition coefficient (Wildman–Crippen LogP) is 0.923. The number of amides is 3. The summed E-state index contributed by atoms with van der Waals surface area (Å²) in [6.45, 7) is 4.31. The van der Waals surface area contributed by atoms with Gasteiger partial charge in [0, 0.05) is 25.1 Å². The van der Waals surface area contributed by atoms with Gasteiger partial charge in [-0.3, -0.25) is 20.1 Å². The minimum absolute atomic E-state index is 0.210. The molecule has 8 heteroatoms. The summed E-state index contributed by atoms with van der Waals surface area (Å²) in [6.07, 6.45) is 1.91. The number of imide groups is 1. The van der Waals surface area contributed by atoms with Crippen LogP contribution in [-0.4, -0.2) is 38.6 Å². The van der Waals surface area contributed by atoms with Gasteiger partial charge in [0.15, 0.2) is 11.5 Å². The first-order valence-corrected chi connectivity index (χ1v) is 6.38. The molecular formula is C12H14N6O2. The molecule has 1 fully saturated rings. The summed E-state index contributed by atoms with van der Waals surface area (Å²) >= 11 is 0. The van der Waals surface area contributed by atoms with E-state index in [9.17, 15) is 9.59 Å². The highest BCUT2D eigenvalue weighted by atomic mass is 16.2. The van der Waals surface area contributed by atoms with Crippen molar-refractivity contribution < 1.29 is 9.59 Å². The second-order valence-corrected chi connectivity index (χ2v) is 4.95.